The van der Waals surface area contributed by atoms with E-state index in [1.807, 2.05) is 24.3 Å². The van der Waals surface area contributed by atoms with E-state index >= 15 is 0 Å². The van der Waals surface area contributed by atoms with E-state index < -0.39 is 0 Å². The van der Waals surface area contributed by atoms with Crippen LogP contribution >= 0.6 is 0 Å². The zero-order valence-corrected chi connectivity index (χ0v) is 13.6. The van der Waals surface area contributed by atoms with Gasteiger partial charge in [0.25, 0.3) is 11.8 Å². The van der Waals surface area contributed by atoms with Crippen LogP contribution in [0.1, 0.15) is 26.3 Å². The molecule has 1 N–H and O–H groups in total. The van der Waals surface area contributed by atoms with E-state index in [2.05, 4.69) is 5.32 Å². The van der Waals surface area contributed by atoms with Crippen molar-refractivity contribution in [1.82, 2.24) is 4.90 Å². The van der Waals surface area contributed by atoms with Crippen molar-refractivity contribution in [2.75, 3.05) is 19.0 Å². The van der Waals surface area contributed by atoms with Crippen molar-refractivity contribution < 1.29 is 19.1 Å². The minimum Gasteiger partial charge on any atom is -0.492 e. The van der Waals surface area contributed by atoms with Crippen LogP contribution in [0.3, 0.4) is 0 Å². The third kappa shape index (κ3) is 2.55. The minimum absolute atomic E-state index is 0.167. The normalized spacial score (nSPS) is 18.4. The van der Waals surface area contributed by atoms with Crippen molar-refractivity contribution in [3.8, 4) is 5.75 Å². The molecule has 2 heterocycles. The van der Waals surface area contributed by atoms with Crippen LogP contribution < -0.4 is 10.1 Å². The second-order valence-corrected chi connectivity index (χ2v) is 6.24. The fourth-order valence-corrected chi connectivity index (χ4v) is 3.18. The van der Waals surface area contributed by atoms with Crippen LogP contribution in [0.5, 0.6) is 5.75 Å². The van der Waals surface area contributed by atoms with Gasteiger partial charge in [0.05, 0.1) is 17.0 Å². The maximum Gasteiger partial charge on any atom is 0.261 e. The first kappa shape index (κ1) is 15.4. The van der Waals surface area contributed by atoms with Crippen LogP contribution in [0.4, 0.5) is 5.69 Å². The van der Waals surface area contributed by atoms with Crippen LogP contribution in [0, 0.1) is 5.92 Å². The molecule has 1 atom stereocenters. The van der Waals surface area contributed by atoms with Gasteiger partial charge in [-0.3, -0.25) is 19.3 Å². The molecule has 0 aliphatic carbocycles. The number of nitrogens with zero attached hydrogens (tertiary/aromatic N) is 1. The van der Waals surface area contributed by atoms with Crippen LogP contribution in [0.25, 0.3) is 0 Å². The lowest BCUT2D eigenvalue weighted by Gasteiger charge is -2.24. The molecule has 2 aromatic carbocycles. The molecule has 126 valence electrons. The molecule has 0 radical (unpaired) electrons. The van der Waals surface area contributed by atoms with E-state index in [-0.39, 0.29) is 23.6 Å². The molecule has 6 nitrogen and oxygen atoms in total. The van der Waals surface area contributed by atoms with Gasteiger partial charge in [-0.05, 0) is 36.2 Å². The lowest BCUT2D eigenvalue weighted by Crippen LogP contribution is -2.32. The summed E-state index contributed by atoms with van der Waals surface area (Å²) >= 11 is 0. The number of anilines is 1. The van der Waals surface area contributed by atoms with Crippen LogP contribution in [0.15, 0.2) is 42.5 Å². The average Bonchev–Trinajstić information content (AvgIpc) is 2.85. The second-order valence-electron chi connectivity index (χ2n) is 6.24. The predicted molar refractivity (Wildman–Crippen MR) is 90.6 cm³/mol. The molecule has 25 heavy (non-hydrogen) atoms. The Morgan fingerprint density at radius 1 is 1.12 bits per heavy atom. The van der Waals surface area contributed by atoms with E-state index in [1.165, 1.54) is 7.05 Å². The number of benzene rings is 2. The van der Waals surface area contributed by atoms with Gasteiger partial charge in [-0.25, -0.2) is 0 Å². The summed E-state index contributed by atoms with van der Waals surface area (Å²) in [7, 11) is 1.44. The maximum absolute atomic E-state index is 12.5. The van der Waals surface area contributed by atoms with Crippen molar-refractivity contribution >= 4 is 23.4 Å². The molecule has 2 aromatic rings. The number of carbonyl (C=O) groups excluding carboxylic acids is 3. The number of carbonyl (C=O) groups is 3. The van der Waals surface area contributed by atoms with E-state index in [9.17, 15) is 14.4 Å². The number of nitrogens with one attached hydrogen (secondary N) is 1. The van der Waals surface area contributed by atoms with Crippen molar-refractivity contribution in [3.05, 3.63) is 59.2 Å². The Labute approximate surface area is 144 Å². The van der Waals surface area contributed by atoms with E-state index in [4.69, 9.17) is 4.74 Å². The summed E-state index contributed by atoms with van der Waals surface area (Å²) in [6, 6.07) is 12.4. The molecule has 0 aromatic heterocycles. The topological polar surface area (TPSA) is 75.7 Å². The first-order chi connectivity index (χ1) is 12.0. The van der Waals surface area contributed by atoms with Gasteiger partial charge in [0.2, 0.25) is 5.91 Å². The van der Waals surface area contributed by atoms with Gasteiger partial charge in [0.1, 0.15) is 12.4 Å². The molecule has 4 rings (SSSR count). The molecule has 2 aliphatic rings. The van der Waals surface area contributed by atoms with E-state index in [0.29, 0.717) is 29.8 Å². The number of rotatable bonds is 2. The Bertz CT molecular complexity index is 906. The molecule has 0 saturated carbocycles. The summed E-state index contributed by atoms with van der Waals surface area (Å²) in [5.41, 5.74) is 2.18. The summed E-state index contributed by atoms with van der Waals surface area (Å²) in [6.45, 7) is 0.313. The number of ether oxygens (including phenoxy) is 1. The maximum atomic E-state index is 12.5. The number of hydrogen-bond acceptors (Lipinski definition) is 4. The Morgan fingerprint density at radius 3 is 2.72 bits per heavy atom. The van der Waals surface area contributed by atoms with Gasteiger partial charge in [-0.15, -0.1) is 0 Å². The summed E-state index contributed by atoms with van der Waals surface area (Å²) in [6.07, 6.45) is 0.604. The summed E-state index contributed by atoms with van der Waals surface area (Å²) in [5.74, 6) is -0.333. The Morgan fingerprint density at radius 2 is 1.88 bits per heavy atom. The molecule has 6 heteroatoms. The van der Waals surface area contributed by atoms with Crippen LogP contribution in [-0.2, 0) is 11.2 Å². The molecule has 0 spiro atoms. The zero-order valence-electron chi connectivity index (χ0n) is 13.6. The molecule has 1 unspecified atom stereocenters. The number of fused-ring (bicyclic) bond motifs is 2. The van der Waals surface area contributed by atoms with E-state index in [0.717, 1.165) is 16.2 Å². The SMILES string of the molecule is CN1C(=O)c2ccc(NC(=O)C3COc4ccccc4C3)cc2C1=O. The predicted octanol–water partition coefficient (Wildman–Crippen LogP) is 2.10. The lowest BCUT2D eigenvalue weighted by molar-refractivity contribution is -0.121. The standard InChI is InChI=1S/C19H16N2O4/c1-21-18(23)14-7-6-13(9-15(14)19(21)24)20-17(22)12-8-11-4-2-3-5-16(11)25-10-12/h2-7,9,12H,8,10H2,1H3,(H,20,22). The highest BCUT2D eigenvalue weighted by Crippen LogP contribution is 2.28. The van der Waals surface area contributed by atoms with Crippen LogP contribution in [0.2, 0.25) is 0 Å². The van der Waals surface area contributed by atoms with Gasteiger partial charge >= 0.3 is 0 Å². The van der Waals surface area contributed by atoms with Crippen molar-refractivity contribution in [2.45, 2.75) is 6.42 Å². The zero-order chi connectivity index (χ0) is 17.6. The van der Waals surface area contributed by atoms with Crippen molar-refractivity contribution in [2.24, 2.45) is 5.92 Å². The van der Waals surface area contributed by atoms with Gasteiger partial charge < -0.3 is 10.1 Å². The Hall–Kier alpha value is -3.15. The monoisotopic (exact) mass is 336 g/mol. The largest absolute Gasteiger partial charge is 0.492 e. The highest BCUT2D eigenvalue weighted by Gasteiger charge is 2.33. The third-order valence-electron chi connectivity index (χ3n) is 4.61. The highest BCUT2D eigenvalue weighted by molar-refractivity contribution is 6.21. The van der Waals surface area contributed by atoms with Gasteiger partial charge in [0, 0.05) is 12.7 Å². The van der Waals surface area contributed by atoms with Crippen molar-refractivity contribution in [3.63, 3.8) is 0 Å². The Kier molecular flexibility index (Phi) is 3.53. The number of amides is 3. The van der Waals surface area contributed by atoms with Gasteiger partial charge in [0.15, 0.2) is 0 Å². The molecule has 0 bridgehead atoms. The van der Waals surface area contributed by atoms with Crippen molar-refractivity contribution in [1.29, 1.82) is 0 Å². The average molecular weight is 336 g/mol. The number of para-hydroxylation sites is 1. The second kappa shape index (κ2) is 5.73. The highest BCUT2D eigenvalue weighted by atomic mass is 16.5. The third-order valence-corrected chi connectivity index (χ3v) is 4.61. The van der Waals surface area contributed by atoms with E-state index in [1.54, 1.807) is 18.2 Å². The molecule has 3 amide bonds. The van der Waals surface area contributed by atoms with Gasteiger partial charge in [-0.1, -0.05) is 18.2 Å². The number of imide groups is 1. The molecule has 2 aliphatic heterocycles. The molecule has 0 fully saturated rings. The fraction of sp³-hybridized carbons (Fsp3) is 0.211. The van der Waals surface area contributed by atoms with Gasteiger partial charge in [-0.2, -0.15) is 0 Å². The fourth-order valence-electron chi connectivity index (χ4n) is 3.18. The Balaban J connectivity index is 1.51. The quantitative estimate of drug-likeness (QED) is 0.852. The van der Waals surface area contributed by atoms with Crippen LogP contribution in [-0.4, -0.2) is 36.3 Å². The summed E-state index contributed by atoms with van der Waals surface area (Å²) < 4.78 is 5.65. The first-order valence-corrected chi connectivity index (χ1v) is 8.02. The lowest BCUT2D eigenvalue weighted by atomic mass is 9.96. The summed E-state index contributed by atoms with van der Waals surface area (Å²) in [4.78, 5) is 37.6. The summed E-state index contributed by atoms with van der Waals surface area (Å²) in [5, 5.41) is 2.82. The number of hydrogen-bond donors (Lipinski definition) is 1. The first-order valence-electron chi connectivity index (χ1n) is 8.02. The minimum atomic E-state index is -0.356. The molecule has 0 saturated heterocycles. The molecular weight excluding hydrogens is 320 g/mol. The molecular formula is C19H16N2O4. The smallest absolute Gasteiger partial charge is 0.261 e.